The topological polar surface area (TPSA) is 15.3 Å². The molecule has 0 amide bonds. The lowest BCUT2D eigenvalue weighted by Gasteiger charge is -2.45. The molecule has 4 rings (SSSR count). The molecule has 0 saturated carbocycles. The van der Waals surface area contributed by atoms with Crippen molar-refractivity contribution in [3.05, 3.63) is 57.3 Å². The van der Waals surface area contributed by atoms with E-state index in [0.717, 1.165) is 6.54 Å². The fraction of sp³-hybridized carbons (Fsp3) is 0.444. The highest BCUT2D eigenvalue weighted by Gasteiger charge is 2.36. The fourth-order valence-electron chi connectivity index (χ4n) is 3.78. The number of likely N-dealkylation sites (N-methyl/N-ethyl adjacent to an activating group) is 1. The molecule has 2 aliphatic rings. The molecule has 1 N–H and O–H groups in total. The van der Waals surface area contributed by atoms with Crippen molar-refractivity contribution in [1.82, 2.24) is 10.2 Å². The zero-order valence-corrected chi connectivity index (χ0v) is 13.3. The Balaban J connectivity index is 1.69. The van der Waals surface area contributed by atoms with Crippen LogP contribution in [-0.4, -0.2) is 30.6 Å². The molecule has 1 aliphatic heterocycles. The van der Waals surface area contributed by atoms with Gasteiger partial charge in [-0.2, -0.15) is 0 Å². The zero-order valence-electron chi connectivity index (χ0n) is 12.5. The van der Waals surface area contributed by atoms with Gasteiger partial charge in [-0.25, -0.2) is 0 Å². The molecular weight excluding hydrogens is 276 g/mol. The molecule has 110 valence electrons. The maximum Gasteiger partial charge on any atom is 0.0616 e. The van der Waals surface area contributed by atoms with Crippen LogP contribution < -0.4 is 5.32 Å². The second kappa shape index (κ2) is 5.56. The average molecular weight is 298 g/mol. The second-order valence-electron chi connectivity index (χ2n) is 6.11. The largest absolute Gasteiger partial charge is 0.312 e. The van der Waals surface area contributed by atoms with Gasteiger partial charge >= 0.3 is 0 Å². The SMILES string of the molecule is CCNC1CN(C2c3ccccc3CCc3sccc32)C1. The molecule has 1 aliphatic carbocycles. The number of nitrogens with zero attached hydrogens (tertiary/aromatic N) is 1. The molecule has 1 aromatic carbocycles. The molecule has 2 aromatic rings. The number of likely N-dealkylation sites (tertiary alicyclic amines) is 1. The Bertz CT molecular complexity index is 628. The summed E-state index contributed by atoms with van der Waals surface area (Å²) in [7, 11) is 0. The molecule has 2 heterocycles. The van der Waals surface area contributed by atoms with Gasteiger partial charge in [0.2, 0.25) is 0 Å². The van der Waals surface area contributed by atoms with E-state index in [4.69, 9.17) is 0 Å². The minimum absolute atomic E-state index is 0.472. The summed E-state index contributed by atoms with van der Waals surface area (Å²) in [6, 6.07) is 12.5. The zero-order chi connectivity index (χ0) is 14.2. The van der Waals surface area contributed by atoms with Gasteiger partial charge in [0.15, 0.2) is 0 Å². The number of benzene rings is 1. The van der Waals surface area contributed by atoms with E-state index in [2.05, 4.69) is 52.9 Å². The van der Waals surface area contributed by atoms with Gasteiger partial charge in [0.25, 0.3) is 0 Å². The highest BCUT2D eigenvalue weighted by atomic mass is 32.1. The van der Waals surface area contributed by atoms with Gasteiger partial charge in [-0.3, -0.25) is 4.90 Å². The lowest BCUT2D eigenvalue weighted by atomic mass is 9.92. The summed E-state index contributed by atoms with van der Waals surface area (Å²) >= 11 is 1.93. The van der Waals surface area contributed by atoms with Crippen LogP contribution in [0.5, 0.6) is 0 Å². The Hall–Kier alpha value is -1.16. The summed E-state index contributed by atoms with van der Waals surface area (Å²) in [5, 5.41) is 5.84. The van der Waals surface area contributed by atoms with Crippen molar-refractivity contribution in [1.29, 1.82) is 0 Å². The molecule has 2 nitrogen and oxygen atoms in total. The van der Waals surface area contributed by atoms with Crippen LogP contribution in [0.4, 0.5) is 0 Å². The van der Waals surface area contributed by atoms with E-state index < -0.39 is 0 Å². The predicted octanol–water partition coefficient (Wildman–Crippen LogP) is 3.23. The van der Waals surface area contributed by atoms with Crippen LogP contribution >= 0.6 is 11.3 Å². The number of thiophene rings is 1. The third-order valence-electron chi connectivity index (χ3n) is 4.81. The quantitative estimate of drug-likeness (QED) is 0.936. The molecule has 0 spiro atoms. The van der Waals surface area contributed by atoms with E-state index in [1.54, 1.807) is 10.4 Å². The van der Waals surface area contributed by atoms with Gasteiger partial charge in [-0.1, -0.05) is 31.2 Å². The predicted molar refractivity (Wildman–Crippen MR) is 89.0 cm³/mol. The minimum Gasteiger partial charge on any atom is -0.312 e. The number of aryl methyl sites for hydroxylation is 2. The summed E-state index contributed by atoms with van der Waals surface area (Å²) in [5.41, 5.74) is 4.63. The number of fused-ring (bicyclic) bond motifs is 2. The van der Waals surface area contributed by atoms with Crippen molar-refractivity contribution in [3.8, 4) is 0 Å². The van der Waals surface area contributed by atoms with Gasteiger partial charge in [0, 0.05) is 24.0 Å². The molecule has 0 radical (unpaired) electrons. The molecule has 1 saturated heterocycles. The van der Waals surface area contributed by atoms with Gasteiger partial charge in [-0.15, -0.1) is 11.3 Å². The molecule has 1 fully saturated rings. The minimum atomic E-state index is 0.472. The summed E-state index contributed by atoms with van der Waals surface area (Å²) < 4.78 is 0. The van der Waals surface area contributed by atoms with Crippen LogP contribution in [-0.2, 0) is 12.8 Å². The third kappa shape index (κ3) is 2.33. The second-order valence-corrected chi connectivity index (χ2v) is 7.11. The Labute approximate surface area is 130 Å². The molecule has 21 heavy (non-hydrogen) atoms. The molecular formula is C18H22N2S. The maximum atomic E-state index is 3.57. The van der Waals surface area contributed by atoms with Crippen molar-refractivity contribution in [2.24, 2.45) is 0 Å². The summed E-state index contributed by atoms with van der Waals surface area (Å²) in [5.74, 6) is 0. The highest BCUT2D eigenvalue weighted by Crippen LogP contribution is 2.40. The van der Waals surface area contributed by atoms with E-state index in [1.165, 1.54) is 37.1 Å². The summed E-state index contributed by atoms with van der Waals surface area (Å²) in [4.78, 5) is 4.23. The van der Waals surface area contributed by atoms with Crippen LogP contribution in [0.15, 0.2) is 35.7 Å². The Kier molecular flexibility index (Phi) is 3.57. The monoisotopic (exact) mass is 298 g/mol. The van der Waals surface area contributed by atoms with Crippen LogP contribution in [0, 0.1) is 0 Å². The Morgan fingerprint density at radius 1 is 1.14 bits per heavy atom. The molecule has 1 aromatic heterocycles. The average Bonchev–Trinajstić information content (AvgIpc) is 2.86. The first-order valence-electron chi connectivity index (χ1n) is 7.98. The fourth-order valence-corrected chi connectivity index (χ4v) is 4.69. The summed E-state index contributed by atoms with van der Waals surface area (Å²) in [6.07, 6.45) is 2.38. The normalized spacial score (nSPS) is 22.2. The Morgan fingerprint density at radius 2 is 2.00 bits per heavy atom. The lowest BCUT2D eigenvalue weighted by Crippen LogP contribution is -2.58. The first kappa shape index (κ1) is 13.5. The van der Waals surface area contributed by atoms with E-state index >= 15 is 0 Å². The first-order chi connectivity index (χ1) is 10.4. The third-order valence-corrected chi connectivity index (χ3v) is 5.81. The van der Waals surface area contributed by atoms with Gasteiger partial charge in [0.1, 0.15) is 0 Å². The molecule has 1 atom stereocenters. The van der Waals surface area contributed by atoms with Crippen LogP contribution in [0.3, 0.4) is 0 Å². The van der Waals surface area contributed by atoms with Gasteiger partial charge in [0.05, 0.1) is 6.04 Å². The molecule has 3 heteroatoms. The first-order valence-corrected chi connectivity index (χ1v) is 8.86. The van der Waals surface area contributed by atoms with Crippen LogP contribution in [0.25, 0.3) is 0 Å². The van der Waals surface area contributed by atoms with Crippen molar-refractivity contribution in [2.45, 2.75) is 31.8 Å². The van der Waals surface area contributed by atoms with Crippen LogP contribution in [0.2, 0.25) is 0 Å². The van der Waals surface area contributed by atoms with Crippen molar-refractivity contribution >= 4 is 11.3 Å². The van der Waals surface area contributed by atoms with Gasteiger partial charge < -0.3 is 5.32 Å². The van der Waals surface area contributed by atoms with Crippen LogP contribution in [0.1, 0.15) is 34.5 Å². The number of nitrogens with one attached hydrogen (secondary N) is 1. The van der Waals surface area contributed by atoms with Crippen molar-refractivity contribution in [2.75, 3.05) is 19.6 Å². The number of hydrogen-bond donors (Lipinski definition) is 1. The van der Waals surface area contributed by atoms with E-state index in [-0.39, 0.29) is 0 Å². The van der Waals surface area contributed by atoms with Crippen molar-refractivity contribution in [3.63, 3.8) is 0 Å². The number of rotatable bonds is 3. The van der Waals surface area contributed by atoms with Gasteiger partial charge in [-0.05, 0) is 47.5 Å². The van der Waals surface area contributed by atoms with E-state index in [9.17, 15) is 0 Å². The number of hydrogen-bond acceptors (Lipinski definition) is 3. The smallest absolute Gasteiger partial charge is 0.0616 e. The lowest BCUT2D eigenvalue weighted by molar-refractivity contribution is 0.0942. The summed E-state index contributed by atoms with van der Waals surface area (Å²) in [6.45, 7) is 5.61. The maximum absolute atomic E-state index is 3.57. The van der Waals surface area contributed by atoms with E-state index in [1.807, 2.05) is 11.3 Å². The van der Waals surface area contributed by atoms with Crippen molar-refractivity contribution < 1.29 is 0 Å². The standard InChI is InChI=1S/C18H22N2S/c1-2-19-14-11-20(12-14)18-15-6-4-3-5-13(15)7-8-17-16(18)9-10-21-17/h3-6,9-10,14,18-19H,2,7-8,11-12H2,1H3. The van der Waals surface area contributed by atoms with E-state index in [0.29, 0.717) is 12.1 Å². The molecule has 0 bridgehead atoms. The Morgan fingerprint density at radius 3 is 2.86 bits per heavy atom. The highest BCUT2D eigenvalue weighted by molar-refractivity contribution is 7.10. The molecule has 1 unspecified atom stereocenters.